The van der Waals surface area contributed by atoms with Crippen LogP contribution in [0.5, 0.6) is 0 Å². The van der Waals surface area contributed by atoms with Crippen molar-refractivity contribution in [2.75, 3.05) is 18.9 Å². The lowest BCUT2D eigenvalue weighted by Crippen LogP contribution is -2.48. The zero-order chi connectivity index (χ0) is 19.7. The van der Waals surface area contributed by atoms with Gasteiger partial charge in [-0.3, -0.25) is 4.57 Å². The number of hydrogen-bond donors (Lipinski definition) is 4. The quantitative estimate of drug-likeness (QED) is 0.537. The number of anilines is 1. The molecule has 1 saturated heterocycles. The number of ether oxygens (including phenoxy) is 2. The molecule has 154 valence electrons. The molecule has 1 aliphatic carbocycles. The van der Waals surface area contributed by atoms with Crippen LogP contribution in [0, 0.1) is 5.92 Å². The Morgan fingerprint density at radius 2 is 2.00 bits per heavy atom. The fourth-order valence-corrected chi connectivity index (χ4v) is 4.24. The van der Waals surface area contributed by atoms with Crippen molar-refractivity contribution in [2.45, 2.75) is 62.7 Å². The summed E-state index contributed by atoms with van der Waals surface area (Å²) < 4.78 is 13.4. The van der Waals surface area contributed by atoms with Gasteiger partial charge in [0.25, 0.3) is 5.91 Å². The number of imidazole rings is 1. The predicted molar refractivity (Wildman–Crippen MR) is 98.8 cm³/mol. The van der Waals surface area contributed by atoms with Crippen molar-refractivity contribution in [3.63, 3.8) is 0 Å². The van der Waals surface area contributed by atoms with E-state index in [1.165, 1.54) is 49.3 Å². The second kappa shape index (κ2) is 7.88. The number of rotatable bonds is 6. The fourth-order valence-electron chi connectivity index (χ4n) is 4.24. The van der Waals surface area contributed by atoms with Crippen LogP contribution in [0.3, 0.4) is 0 Å². The third-order valence-corrected chi connectivity index (χ3v) is 5.84. The van der Waals surface area contributed by atoms with Gasteiger partial charge < -0.3 is 30.5 Å². The molecule has 1 saturated carbocycles. The van der Waals surface area contributed by atoms with E-state index in [2.05, 4.69) is 15.0 Å². The highest BCUT2D eigenvalue weighted by Gasteiger charge is 2.57. The molecule has 0 amide bonds. The third kappa shape index (κ3) is 3.25. The number of nitrogens with two attached hydrogens (primary N) is 1. The van der Waals surface area contributed by atoms with Crippen LogP contribution in [-0.4, -0.2) is 66.4 Å². The van der Waals surface area contributed by atoms with Gasteiger partial charge in [-0.15, -0.1) is 0 Å². The molecule has 28 heavy (non-hydrogen) atoms. The summed E-state index contributed by atoms with van der Waals surface area (Å²) in [6, 6.07) is 0. The second-order valence-electron chi connectivity index (χ2n) is 7.59. The molecular weight excluding hydrogens is 366 g/mol. The van der Waals surface area contributed by atoms with Crippen molar-refractivity contribution in [3.8, 4) is 0 Å². The SMILES string of the molecule is Nc1ncnc2c1ncn2[C@]1(OCCC2CCCCC2)O[C@H](CO)[C@@H](O)[C@H]1O. The van der Waals surface area contributed by atoms with E-state index in [0.29, 0.717) is 23.7 Å². The molecule has 2 aliphatic rings. The van der Waals surface area contributed by atoms with Gasteiger partial charge in [0.2, 0.25) is 0 Å². The summed E-state index contributed by atoms with van der Waals surface area (Å²) in [4.78, 5) is 12.3. The average molecular weight is 393 g/mol. The van der Waals surface area contributed by atoms with Crippen LogP contribution in [0.15, 0.2) is 12.7 Å². The molecule has 0 unspecified atom stereocenters. The van der Waals surface area contributed by atoms with E-state index >= 15 is 0 Å². The molecule has 10 heteroatoms. The van der Waals surface area contributed by atoms with Crippen molar-refractivity contribution < 1.29 is 24.8 Å². The second-order valence-corrected chi connectivity index (χ2v) is 7.59. The number of hydrogen-bond acceptors (Lipinski definition) is 9. The smallest absolute Gasteiger partial charge is 0.288 e. The van der Waals surface area contributed by atoms with E-state index in [0.717, 1.165) is 6.42 Å². The summed E-state index contributed by atoms with van der Waals surface area (Å²) in [7, 11) is 0. The number of aliphatic hydroxyl groups is 3. The maximum absolute atomic E-state index is 10.8. The first-order chi connectivity index (χ1) is 13.6. The third-order valence-electron chi connectivity index (χ3n) is 5.84. The molecule has 4 atom stereocenters. The van der Waals surface area contributed by atoms with Crippen molar-refractivity contribution >= 4 is 17.0 Å². The predicted octanol–water partition coefficient (Wildman–Crippen LogP) is 0.119. The molecule has 3 heterocycles. The minimum atomic E-state index is -1.75. The summed E-state index contributed by atoms with van der Waals surface area (Å²) in [5.74, 6) is -0.995. The van der Waals surface area contributed by atoms with Gasteiger partial charge in [-0.05, 0) is 12.3 Å². The first-order valence-electron chi connectivity index (χ1n) is 9.79. The van der Waals surface area contributed by atoms with E-state index in [9.17, 15) is 15.3 Å². The van der Waals surface area contributed by atoms with Crippen LogP contribution in [0.25, 0.3) is 11.2 Å². The lowest BCUT2D eigenvalue weighted by molar-refractivity contribution is -0.315. The standard InChI is InChI=1S/C18H27N5O5/c19-16-13-17(21-9-20-16)23(10-22-13)18(15(26)14(25)12(8-24)28-18)27-7-6-11-4-2-1-3-5-11/h9-12,14-15,24-26H,1-8H2,(H2,19,20,21)/t12-,14-,15-,18-/m1/s1. The Bertz CT molecular complexity index is 811. The van der Waals surface area contributed by atoms with E-state index < -0.39 is 30.8 Å². The van der Waals surface area contributed by atoms with Crippen molar-refractivity contribution in [1.82, 2.24) is 19.5 Å². The zero-order valence-electron chi connectivity index (χ0n) is 15.6. The van der Waals surface area contributed by atoms with Gasteiger partial charge in [-0.2, -0.15) is 0 Å². The summed E-state index contributed by atoms with van der Waals surface area (Å²) in [5.41, 5.74) is 6.52. The lowest BCUT2D eigenvalue weighted by atomic mass is 9.87. The van der Waals surface area contributed by atoms with E-state index in [1.54, 1.807) is 0 Å². The van der Waals surface area contributed by atoms with Crippen LogP contribution in [0.1, 0.15) is 38.5 Å². The fraction of sp³-hybridized carbons (Fsp3) is 0.722. The Labute approximate surface area is 162 Å². The topological polar surface area (TPSA) is 149 Å². The van der Waals surface area contributed by atoms with Gasteiger partial charge in [0.1, 0.15) is 30.4 Å². The zero-order valence-corrected chi connectivity index (χ0v) is 15.6. The van der Waals surface area contributed by atoms with Crippen LogP contribution in [0.4, 0.5) is 5.82 Å². The number of aliphatic hydroxyl groups excluding tert-OH is 3. The molecular formula is C18H27N5O5. The summed E-state index contributed by atoms with van der Waals surface area (Å²) in [5, 5.41) is 30.7. The van der Waals surface area contributed by atoms with Crippen LogP contribution < -0.4 is 5.73 Å². The highest BCUT2D eigenvalue weighted by molar-refractivity contribution is 5.81. The van der Waals surface area contributed by atoms with Crippen LogP contribution >= 0.6 is 0 Å². The Kier molecular flexibility index (Phi) is 5.48. The molecule has 0 radical (unpaired) electrons. The summed E-state index contributed by atoms with van der Waals surface area (Å²) >= 11 is 0. The summed E-state index contributed by atoms with van der Waals surface area (Å²) in [6.07, 6.45) is 5.79. The molecule has 0 spiro atoms. The normalized spacial score (nSPS) is 31.6. The van der Waals surface area contributed by atoms with Crippen LogP contribution in [0.2, 0.25) is 0 Å². The Balaban J connectivity index is 1.64. The van der Waals surface area contributed by atoms with Gasteiger partial charge in [-0.25, -0.2) is 15.0 Å². The molecule has 1 aliphatic heterocycles. The maximum atomic E-state index is 10.8. The minimum Gasteiger partial charge on any atom is -0.394 e. The van der Waals surface area contributed by atoms with E-state index in [4.69, 9.17) is 15.2 Å². The molecule has 4 rings (SSSR count). The molecule has 10 nitrogen and oxygen atoms in total. The number of fused-ring (bicyclic) bond motifs is 1. The summed E-state index contributed by atoms with van der Waals surface area (Å²) in [6.45, 7) is -0.136. The monoisotopic (exact) mass is 393 g/mol. The number of nitrogens with zero attached hydrogens (tertiary/aromatic N) is 4. The molecule has 5 N–H and O–H groups in total. The lowest BCUT2D eigenvalue weighted by Gasteiger charge is -2.34. The van der Waals surface area contributed by atoms with Gasteiger partial charge in [0.15, 0.2) is 17.6 Å². The van der Waals surface area contributed by atoms with Gasteiger partial charge in [-0.1, -0.05) is 32.1 Å². The molecule has 2 aromatic heterocycles. The van der Waals surface area contributed by atoms with E-state index in [1.807, 2.05) is 0 Å². The van der Waals surface area contributed by atoms with Gasteiger partial charge in [0.05, 0.1) is 13.2 Å². The van der Waals surface area contributed by atoms with E-state index in [-0.39, 0.29) is 5.82 Å². The largest absolute Gasteiger partial charge is 0.394 e. The van der Waals surface area contributed by atoms with Crippen LogP contribution in [-0.2, 0) is 15.4 Å². The van der Waals surface area contributed by atoms with Gasteiger partial charge in [0, 0.05) is 0 Å². The average Bonchev–Trinajstić information content (AvgIpc) is 3.25. The Hall–Kier alpha value is -1.85. The maximum Gasteiger partial charge on any atom is 0.288 e. The molecule has 0 bridgehead atoms. The number of nitrogen functional groups attached to an aromatic ring is 1. The Morgan fingerprint density at radius 3 is 2.71 bits per heavy atom. The molecule has 2 fully saturated rings. The molecule has 0 aromatic carbocycles. The van der Waals surface area contributed by atoms with Crippen molar-refractivity contribution in [3.05, 3.63) is 12.7 Å². The number of aromatic nitrogens is 4. The van der Waals surface area contributed by atoms with Crippen molar-refractivity contribution in [1.29, 1.82) is 0 Å². The Morgan fingerprint density at radius 1 is 1.21 bits per heavy atom. The van der Waals surface area contributed by atoms with Gasteiger partial charge >= 0.3 is 0 Å². The molecule has 2 aromatic rings. The van der Waals surface area contributed by atoms with Crippen molar-refractivity contribution in [2.24, 2.45) is 5.92 Å². The first kappa shape index (κ1) is 19.5. The minimum absolute atomic E-state index is 0.188. The first-order valence-corrected chi connectivity index (χ1v) is 9.79. The highest BCUT2D eigenvalue weighted by atomic mass is 16.7. The highest BCUT2D eigenvalue weighted by Crippen LogP contribution is 2.39.